The summed E-state index contributed by atoms with van der Waals surface area (Å²) < 4.78 is 0. The quantitative estimate of drug-likeness (QED) is 0.675. The number of alkyl halides is 1. The van der Waals surface area contributed by atoms with E-state index in [1.807, 2.05) is 19.1 Å². The fourth-order valence-electron chi connectivity index (χ4n) is 1.14. The first kappa shape index (κ1) is 11.9. The molecule has 0 amide bonds. The topological polar surface area (TPSA) is 54.4 Å². The number of halogens is 1. The van der Waals surface area contributed by atoms with Crippen LogP contribution in [0.2, 0.25) is 0 Å². The van der Waals surface area contributed by atoms with E-state index in [2.05, 4.69) is 15.9 Å². The minimum absolute atomic E-state index is 0.197. The number of carboxylic acid groups (broad SMARTS) is 1. The Bertz CT molecular complexity index is 370. The van der Waals surface area contributed by atoms with Gasteiger partial charge in [-0.1, -0.05) is 45.8 Å². The number of carbonyl (C=O) groups is 2. The summed E-state index contributed by atoms with van der Waals surface area (Å²) in [5.74, 6) is -1.19. The van der Waals surface area contributed by atoms with Crippen LogP contribution in [0, 0.1) is 6.92 Å². The highest BCUT2D eigenvalue weighted by molar-refractivity contribution is 9.10. The van der Waals surface area contributed by atoms with Crippen molar-refractivity contribution in [1.29, 1.82) is 0 Å². The van der Waals surface area contributed by atoms with Gasteiger partial charge in [-0.15, -0.1) is 0 Å². The van der Waals surface area contributed by atoms with Gasteiger partial charge in [0.15, 0.2) is 5.78 Å². The summed E-state index contributed by atoms with van der Waals surface area (Å²) in [5, 5.41) is 8.54. The molecule has 80 valence electrons. The Labute approximate surface area is 96.2 Å². The Balaban J connectivity index is 2.76. The summed E-state index contributed by atoms with van der Waals surface area (Å²) in [4.78, 5) is 21.4. The van der Waals surface area contributed by atoms with Gasteiger partial charge in [0.05, 0.1) is 11.2 Å². The molecule has 0 unspecified atom stereocenters. The number of rotatable bonds is 4. The molecule has 0 spiro atoms. The largest absolute Gasteiger partial charge is 0.481 e. The second-order valence-corrected chi connectivity index (χ2v) is 4.40. The van der Waals surface area contributed by atoms with Crippen LogP contribution >= 0.6 is 15.9 Å². The predicted molar refractivity (Wildman–Crippen MR) is 60.5 cm³/mol. The first-order valence-corrected chi connectivity index (χ1v) is 5.39. The number of Topliss-reactive ketones (excluding diaryl/α,β-unsaturated/α-hetero) is 1. The fourth-order valence-corrected chi connectivity index (χ4v) is 1.69. The maximum absolute atomic E-state index is 11.7. The second-order valence-electron chi connectivity index (χ2n) is 3.30. The number of carbonyl (C=O) groups excluding carboxylic acids is 1. The molecule has 0 aliphatic carbocycles. The maximum atomic E-state index is 11.7. The van der Waals surface area contributed by atoms with Gasteiger partial charge < -0.3 is 5.11 Å². The summed E-state index contributed by atoms with van der Waals surface area (Å²) in [6.07, 6.45) is -0.202. The van der Waals surface area contributed by atoms with Crippen molar-refractivity contribution >= 4 is 27.7 Å². The Morgan fingerprint density at radius 3 is 2.33 bits per heavy atom. The van der Waals surface area contributed by atoms with Gasteiger partial charge in [0.1, 0.15) is 0 Å². The molecular formula is C11H11BrO3. The monoisotopic (exact) mass is 270 g/mol. The molecule has 0 heterocycles. The SMILES string of the molecule is Cc1ccc(C(=O)[C@@H](Br)CC(=O)O)cc1. The molecule has 4 heteroatoms. The van der Waals surface area contributed by atoms with Crippen LogP contribution in [-0.2, 0) is 4.79 Å². The molecule has 1 rings (SSSR count). The lowest BCUT2D eigenvalue weighted by Gasteiger charge is -2.06. The molecule has 0 aromatic heterocycles. The average molecular weight is 271 g/mol. The van der Waals surface area contributed by atoms with Crippen molar-refractivity contribution in [3.63, 3.8) is 0 Å². The third kappa shape index (κ3) is 3.47. The van der Waals surface area contributed by atoms with Gasteiger partial charge in [0.25, 0.3) is 0 Å². The zero-order valence-electron chi connectivity index (χ0n) is 8.24. The standard InChI is InChI=1S/C11H11BrO3/c1-7-2-4-8(5-3-7)11(15)9(12)6-10(13)14/h2-5,9H,6H2,1H3,(H,13,14)/t9-/m0/s1. The number of aliphatic carboxylic acids is 1. The van der Waals surface area contributed by atoms with Crippen LogP contribution in [0.4, 0.5) is 0 Å². The van der Waals surface area contributed by atoms with Crippen molar-refractivity contribution in [1.82, 2.24) is 0 Å². The van der Waals surface area contributed by atoms with E-state index in [0.29, 0.717) is 5.56 Å². The van der Waals surface area contributed by atoms with E-state index in [4.69, 9.17) is 5.11 Å². The van der Waals surface area contributed by atoms with Gasteiger partial charge in [0, 0.05) is 5.56 Å². The third-order valence-corrected chi connectivity index (χ3v) is 2.71. The Hall–Kier alpha value is -1.16. The number of benzene rings is 1. The molecule has 1 aromatic carbocycles. The van der Waals surface area contributed by atoms with Crippen LogP contribution in [0.3, 0.4) is 0 Å². The van der Waals surface area contributed by atoms with Crippen LogP contribution in [0.15, 0.2) is 24.3 Å². The maximum Gasteiger partial charge on any atom is 0.304 e. The molecule has 0 saturated heterocycles. The Morgan fingerprint density at radius 1 is 1.33 bits per heavy atom. The molecular weight excluding hydrogens is 260 g/mol. The van der Waals surface area contributed by atoms with E-state index in [1.165, 1.54) is 0 Å². The highest BCUT2D eigenvalue weighted by atomic mass is 79.9. The van der Waals surface area contributed by atoms with Gasteiger partial charge in [-0.25, -0.2) is 0 Å². The summed E-state index contributed by atoms with van der Waals surface area (Å²) >= 11 is 3.07. The van der Waals surface area contributed by atoms with Crippen LogP contribution in [0.1, 0.15) is 22.3 Å². The van der Waals surface area contributed by atoms with E-state index in [-0.39, 0.29) is 12.2 Å². The van der Waals surface area contributed by atoms with Gasteiger partial charge in [0.2, 0.25) is 0 Å². The number of aryl methyl sites for hydroxylation is 1. The molecule has 0 aliphatic rings. The van der Waals surface area contributed by atoms with E-state index in [0.717, 1.165) is 5.56 Å². The molecule has 0 radical (unpaired) electrons. The number of hydrogen-bond acceptors (Lipinski definition) is 2. The van der Waals surface area contributed by atoms with Crippen LogP contribution in [-0.4, -0.2) is 21.7 Å². The van der Waals surface area contributed by atoms with Gasteiger partial charge in [-0.05, 0) is 6.92 Å². The van der Waals surface area contributed by atoms with Crippen molar-refractivity contribution in [2.75, 3.05) is 0 Å². The predicted octanol–water partition coefficient (Wildman–Crippen LogP) is 2.42. The van der Waals surface area contributed by atoms with E-state index < -0.39 is 10.8 Å². The minimum atomic E-state index is -0.989. The van der Waals surface area contributed by atoms with E-state index >= 15 is 0 Å². The molecule has 0 aliphatic heterocycles. The first-order valence-electron chi connectivity index (χ1n) is 4.47. The highest BCUT2D eigenvalue weighted by Gasteiger charge is 2.19. The molecule has 1 aromatic rings. The lowest BCUT2D eigenvalue weighted by Crippen LogP contribution is -2.18. The van der Waals surface area contributed by atoms with E-state index in [1.54, 1.807) is 12.1 Å². The molecule has 0 fully saturated rings. The van der Waals surface area contributed by atoms with Crippen molar-refractivity contribution in [2.24, 2.45) is 0 Å². The van der Waals surface area contributed by atoms with E-state index in [9.17, 15) is 9.59 Å². The zero-order valence-corrected chi connectivity index (χ0v) is 9.82. The number of hydrogen-bond donors (Lipinski definition) is 1. The lowest BCUT2D eigenvalue weighted by molar-refractivity contribution is -0.136. The summed E-state index contributed by atoms with van der Waals surface area (Å²) in [5.41, 5.74) is 1.60. The van der Waals surface area contributed by atoms with Gasteiger partial charge >= 0.3 is 5.97 Å². The van der Waals surface area contributed by atoms with Gasteiger partial charge in [-0.3, -0.25) is 9.59 Å². The molecule has 1 N–H and O–H groups in total. The normalized spacial score (nSPS) is 12.1. The van der Waals surface area contributed by atoms with Crippen molar-refractivity contribution in [3.05, 3.63) is 35.4 Å². The van der Waals surface area contributed by atoms with Crippen molar-refractivity contribution < 1.29 is 14.7 Å². The lowest BCUT2D eigenvalue weighted by atomic mass is 10.1. The first-order chi connectivity index (χ1) is 7.00. The molecule has 3 nitrogen and oxygen atoms in total. The molecule has 1 atom stereocenters. The second kappa shape index (κ2) is 5.07. The Morgan fingerprint density at radius 2 is 1.87 bits per heavy atom. The number of ketones is 1. The average Bonchev–Trinajstić information content (AvgIpc) is 2.17. The third-order valence-electron chi connectivity index (χ3n) is 1.97. The summed E-state index contributed by atoms with van der Waals surface area (Å²) in [7, 11) is 0. The summed E-state index contributed by atoms with van der Waals surface area (Å²) in [6.45, 7) is 1.93. The molecule has 0 bridgehead atoms. The summed E-state index contributed by atoms with van der Waals surface area (Å²) in [6, 6.07) is 7.06. The van der Waals surface area contributed by atoms with Crippen LogP contribution in [0.5, 0.6) is 0 Å². The number of carboxylic acids is 1. The zero-order chi connectivity index (χ0) is 11.4. The van der Waals surface area contributed by atoms with Crippen LogP contribution < -0.4 is 0 Å². The molecule has 0 saturated carbocycles. The Kier molecular flexibility index (Phi) is 4.03. The smallest absolute Gasteiger partial charge is 0.304 e. The fraction of sp³-hybridized carbons (Fsp3) is 0.273. The highest BCUT2D eigenvalue weighted by Crippen LogP contribution is 2.14. The van der Waals surface area contributed by atoms with Crippen molar-refractivity contribution in [2.45, 2.75) is 18.2 Å². The van der Waals surface area contributed by atoms with Crippen LogP contribution in [0.25, 0.3) is 0 Å². The minimum Gasteiger partial charge on any atom is -0.481 e. The van der Waals surface area contributed by atoms with Gasteiger partial charge in [-0.2, -0.15) is 0 Å². The van der Waals surface area contributed by atoms with Crippen molar-refractivity contribution in [3.8, 4) is 0 Å². The molecule has 15 heavy (non-hydrogen) atoms.